The molecule has 1 aromatic carbocycles. The van der Waals surface area contributed by atoms with Crippen molar-refractivity contribution < 1.29 is 14.6 Å². The van der Waals surface area contributed by atoms with Gasteiger partial charge in [0.25, 0.3) is 0 Å². The molecule has 1 aliphatic rings. The van der Waals surface area contributed by atoms with Gasteiger partial charge in [0.2, 0.25) is 0 Å². The van der Waals surface area contributed by atoms with Crippen molar-refractivity contribution in [2.45, 2.75) is 24.8 Å². The maximum Gasteiger partial charge on any atom is 0.323 e. The molecule has 0 aromatic heterocycles. The smallest absolute Gasteiger partial charge is 0.323 e. The molecular weight excluding hydrogens is 218 g/mol. The predicted molar refractivity (Wildman–Crippen MR) is 64.4 cm³/mol. The number of aliphatic carboxylic acids is 1. The van der Waals surface area contributed by atoms with E-state index in [0.717, 1.165) is 11.3 Å². The fourth-order valence-corrected chi connectivity index (χ4v) is 2.37. The predicted octanol–water partition coefficient (Wildman–Crippen LogP) is 1.62. The zero-order valence-electron chi connectivity index (χ0n) is 10.1. The largest absolute Gasteiger partial charge is 0.496 e. The summed E-state index contributed by atoms with van der Waals surface area (Å²) in [5, 5.41) is 12.2. The number of benzene rings is 1. The van der Waals surface area contributed by atoms with E-state index in [1.54, 1.807) is 14.0 Å². The van der Waals surface area contributed by atoms with E-state index in [-0.39, 0.29) is 5.92 Å². The molecule has 1 saturated heterocycles. The van der Waals surface area contributed by atoms with Gasteiger partial charge in [-0.3, -0.25) is 4.79 Å². The Morgan fingerprint density at radius 3 is 2.82 bits per heavy atom. The second-order valence-electron chi connectivity index (χ2n) is 4.66. The number of ether oxygens (including phenoxy) is 1. The van der Waals surface area contributed by atoms with Gasteiger partial charge in [0.1, 0.15) is 11.3 Å². The second-order valence-corrected chi connectivity index (χ2v) is 4.66. The van der Waals surface area contributed by atoms with Crippen LogP contribution >= 0.6 is 0 Å². The van der Waals surface area contributed by atoms with E-state index in [4.69, 9.17) is 9.84 Å². The Morgan fingerprint density at radius 1 is 1.53 bits per heavy atom. The maximum atomic E-state index is 11.2. The van der Waals surface area contributed by atoms with Crippen LogP contribution in [-0.4, -0.2) is 30.3 Å². The van der Waals surface area contributed by atoms with Gasteiger partial charge in [-0.2, -0.15) is 0 Å². The lowest BCUT2D eigenvalue weighted by atomic mass is 9.90. The van der Waals surface area contributed by atoms with Gasteiger partial charge in [0.15, 0.2) is 0 Å². The Bertz CT molecular complexity index is 432. The third-order valence-electron chi connectivity index (χ3n) is 3.44. The highest BCUT2D eigenvalue weighted by Crippen LogP contribution is 2.36. The lowest BCUT2D eigenvalue weighted by Crippen LogP contribution is -2.44. The summed E-state index contributed by atoms with van der Waals surface area (Å²) >= 11 is 0. The van der Waals surface area contributed by atoms with E-state index in [1.807, 2.05) is 24.3 Å². The van der Waals surface area contributed by atoms with Crippen LogP contribution in [0, 0.1) is 0 Å². The van der Waals surface area contributed by atoms with Crippen LogP contribution < -0.4 is 10.1 Å². The first-order chi connectivity index (χ1) is 8.07. The first kappa shape index (κ1) is 11.9. The highest BCUT2D eigenvalue weighted by molar-refractivity contribution is 5.79. The van der Waals surface area contributed by atoms with E-state index in [2.05, 4.69) is 5.32 Å². The van der Waals surface area contributed by atoms with Crippen molar-refractivity contribution in [2.75, 3.05) is 13.7 Å². The topological polar surface area (TPSA) is 58.6 Å². The molecule has 0 amide bonds. The molecule has 0 aliphatic carbocycles. The summed E-state index contributed by atoms with van der Waals surface area (Å²) < 4.78 is 5.31. The summed E-state index contributed by atoms with van der Waals surface area (Å²) in [6.07, 6.45) is 0.586. The van der Waals surface area contributed by atoms with E-state index in [9.17, 15) is 4.79 Å². The SMILES string of the molecule is COc1ccccc1C1CNC(C)(C(=O)O)C1. The van der Waals surface area contributed by atoms with Crippen LogP contribution in [0.4, 0.5) is 0 Å². The minimum atomic E-state index is -0.828. The van der Waals surface area contributed by atoms with Gasteiger partial charge in [-0.1, -0.05) is 18.2 Å². The average Bonchev–Trinajstić information content (AvgIpc) is 2.73. The number of hydrogen-bond donors (Lipinski definition) is 2. The fourth-order valence-electron chi connectivity index (χ4n) is 2.37. The lowest BCUT2D eigenvalue weighted by Gasteiger charge is -2.18. The van der Waals surface area contributed by atoms with Crippen LogP contribution in [0.5, 0.6) is 5.75 Å². The lowest BCUT2D eigenvalue weighted by molar-refractivity contribution is -0.143. The Hall–Kier alpha value is -1.55. The molecule has 0 spiro atoms. The Morgan fingerprint density at radius 2 is 2.24 bits per heavy atom. The summed E-state index contributed by atoms with van der Waals surface area (Å²) in [5.41, 5.74) is 0.249. The number of nitrogens with one attached hydrogen (secondary N) is 1. The van der Waals surface area contributed by atoms with Gasteiger partial charge >= 0.3 is 5.97 Å². The van der Waals surface area contributed by atoms with Crippen molar-refractivity contribution in [3.8, 4) is 5.75 Å². The third kappa shape index (κ3) is 2.13. The third-order valence-corrected chi connectivity index (χ3v) is 3.44. The molecule has 17 heavy (non-hydrogen) atoms. The van der Waals surface area contributed by atoms with Crippen LogP contribution in [0.25, 0.3) is 0 Å². The number of carbonyl (C=O) groups is 1. The molecule has 0 bridgehead atoms. The fraction of sp³-hybridized carbons (Fsp3) is 0.462. The van der Waals surface area contributed by atoms with Crippen LogP contribution in [0.15, 0.2) is 24.3 Å². The molecule has 2 N–H and O–H groups in total. The van der Waals surface area contributed by atoms with Crippen LogP contribution in [0.3, 0.4) is 0 Å². The molecule has 92 valence electrons. The first-order valence-electron chi connectivity index (χ1n) is 5.68. The van der Waals surface area contributed by atoms with Crippen LogP contribution in [0.1, 0.15) is 24.8 Å². The van der Waals surface area contributed by atoms with Gasteiger partial charge in [0.05, 0.1) is 7.11 Å². The quantitative estimate of drug-likeness (QED) is 0.835. The van der Waals surface area contributed by atoms with Gasteiger partial charge in [-0.15, -0.1) is 0 Å². The van der Waals surface area contributed by atoms with E-state index >= 15 is 0 Å². The molecule has 1 aromatic rings. The minimum Gasteiger partial charge on any atom is -0.496 e. The molecular formula is C13H17NO3. The number of carboxylic acid groups (broad SMARTS) is 1. The van der Waals surface area contributed by atoms with Crippen molar-refractivity contribution in [3.05, 3.63) is 29.8 Å². The normalized spacial score (nSPS) is 28.0. The number of carboxylic acids is 1. The maximum absolute atomic E-state index is 11.2. The molecule has 2 unspecified atom stereocenters. The van der Waals surface area contributed by atoms with E-state index in [0.29, 0.717) is 13.0 Å². The number of hydrogen-bond acceptors (Lipinski definition) is 3. The van der Waals surface area contributed by atoms with Gasteiger partial charge in [-0.25, -0.2) is 0 Å². The molecule has 2 rings (SSSR count). The highest BCUT2D eigenvalue weighted by Gasteiger charge is 2.42. The number of rotatable bonds is 3. The van der Waals surface area contributed by atoms with Gasteiger partial charge in [-0.05, 0) is 25.0 Å². The molecule has 0 saturated carbocycles. The van der Waals surface area contributed by atoms with E-state index < -0.39 is 11.5 Å². The zero-order chi connectivity index (χ0) is 12.5. The average molecular weight is 235 g/mol. The molecule has 2 atom stereocenters. The second kappa shape index (κ2) is 4.37. The Balaban J connectivity index is 2.23. The molecule has 4 nitrogen and oxygen atoms in total. The molecule has 0 radical (unpaired) electrons. The standard InChI is InChI=1S/C13H17NO3/c1-13(12(15)16)7-9(8-14-13)10-5-3-4-6-11(10)17-2/h3-6,9,14H,7-8H2,1-2H3,(H,15,16). The summed E-state index contributed by atoms with van der Waals surface area (Å²) in [6, 6.07) is 7.78. The Labute approximate surface area is 101 Å². The van der Waals surface area contributed by atoms with Crippen LogP contribution in [-0.2, 0) is 4.79 Å². The van der Waals surface area contributed by atoms with Crippen molar-refractivity contribution in [1.29, 1.82) is 0 Å². The molecule has 1 fully saturated rings. The van der Waals surface area contributed by atoms with Gasteiger partial charge < -0.3 is 15.2 Å². The highest BCUT2D eigenvalue weighted by atomic mass is 16.5. The monoisotopic (exact) mass is 235 g/mol. The number of methoxy groups -OCH3 is 1. The van der Waals surface area contributed by atoms with Crippen molar-refractivity contribution in [3.63, 3.8) is 0 Å². The zero-order valence-corrected chi connectivity index (χ0v) is 10.1. The summed E-state index contributed by atoms with van der Waals surface area (Å²) in [7, 11) is 1.64. The molecule has 1 aliphatic heterocycles. The summed E-state index contributed by atoms with van der Waals surface area (Å²) in [4.78, 5) is 11.2. The molecule has 4 heteroatoms. The van der Waals surface area contributed by atoms with Crippen molar-refractivity contribution >= 4 is 5.97 Å². The van der Waals surface area contributed by atoms with Crippen molar-refractivity contribution in [2.24, 2.45) is 0 Å². The first-order valence-corrected chi connectivity index (χ1v) is 5.68. The molecule has 1 heterocycles. The van der Waals surface area contributed by atoms with E-state index in [1.165, 1.54) is 0 Å². The van der Waals surface area contributed by atoms with Gasteiger partial charge in [0, 0.05) is 12.5 Å². The summed E-state index contributed by atoms with van der Waals surface area (Å²) in [6.45, 7) is 2.40. The Kier molecular flexibility index (Phi) is 3.07. The number of para-hydroxylation sites is 1. The van der Waals surface area contributed by atoms with Crippen LogP contribution in [0.2, 0.25) is 0 Å². The van der Waals surface area contributed by atoms with Crippen molar-refractivity contribution in [1.82, 2.24) is 5.32 Å². The summed E-state index contributed by atoms with van der Waals surface area (Å²) in [5.74, 6) is 0.219. The minimum absolute atomic E-state index is 0.187.